The SMILES string of the molecule is CCOCCNc1ccc(C(=O)O)c(N)c1. The van der Waals surface area contributed by atoms with E-state index < -0.39 is 5.97 Å². The summed E-state index contributed by atoms with van der Waals surface area (Å²) in [6.07, 6.45) is 0. The summed E-state index contributed by atoms with van der Waals surface area (Å²) in [6, 6.07) is 4.78. The van der Waals surface area contributed by atoms with Gasteiger partial charge < -0.3 is 20.9 Å². The highest BCUT2D eigenvalue weighted by molar-refractivity contribution is 5.94. The molecule has 0 heterocycles. The zero-order valence-electron chi connectivity index (χ0n) is 9.19. The van der Waals surface area contributed by atoms with Gasteiger partial charge in [-0.15, -0.1) is 0 Å². The molecule has 16 heavy (non-hydrogen) atoms. The Morgan fingerprint density at radius 1 is 1.56 bits per heavy atom. The minimum atomic E-state index is -1.02. The highest BCUT2D eigenvalue weighted by Gasteiger charge is 2.07. The normalized spacial score (nSPS) is 10.1. The van der Waals surface area contributed by atoms with Crippen molar-refractivity contribution in [3.63, 3.8) is 0 Å². The molecule has 5 nitrogen and oxygen atoms in total. The largest absolute Gasteiger partial charge is 0.478 e. The van der Waals surface area contributed by atoms with Gasteiger partial charge in [0.1, 0.15) is 0 Å². The molecule has 0 unspecified atom stereocenters. The molecule has 0 fully saturated rings. The van der Waals surface area contributed by atoms with Crippen molar-refractivity contribution >= 4 is 17.3 Å². The Kier molecular flexibility index (Phi) is 4.60. The highest BCUT2D eigenvalue weighted by Crippen LogP contribution is 2.17. The summed E-state index contributed by atoms with van der Waals surface area (Å²) >= 11 is 0. The predicted molar refractivity (Wildman–Crippen MR) is 62.8 cm³/mol. The first-order chi connectivity index (χ1) is 7.65. The summed E-state index contributed by atoms with van der Waals surface area (Å²) in [7, 11) is 0. The van der Waals surface area contributed by atoms with Crippen LogP contribution in [-0.4, -0.2) is 30.8 Å². The molecule has 0 amide bonds. The Morgan fingerprint density at radius 2 is 2.31 bits per heavy atom. The molecular weight excluding hydrogens is 208 g/mol. The number of rotatable bonds is 6. The fraction of sp³-hybridized carbons (Fsp3) is 0.364. The molecule has 1 aromatic carbocycles. The van der Waals surface area contributed by atoms with Crippen molar-refractivity contribution < 1.29 is 14.6 Å². The molecule has 1 rings (SSSR count). The van der Waals surface area contributed by atoms with Crippen LogP contribution in [0, 0.1) is 0 Å². The fourth-order valence-electron chi connectivity index (χ4n) is 1.28. The number of aromatic carboxylic acids is 1. The number of hydrogen-bond acceptors (Lipinski definition) is 4. The summed E-state index contributed by atoms with van der Waals surface area (Å²) in [5.41, 5.74) is 6.77. The lowest BCUT2D eigenvalue weighted by Gasteiger charge is -2.08. The van der Waals surface area contributed by atoms with E-state index >= 15 is 0 Å². The second kappa shape index (κ2) is 5.97. The summed E-state index contributed by atoms with van der Waals surface area (Å²) < 4.78 is 5.16. The molecule has 0 saturated carbocycles. The molecule has 0 spiro atoms. The van der Waals surface area contributed by atoms with Crippen LogP contribution in [0.2, 0.25) is 0 Å². The fourth-order valence-corrected chi connectivity index (χ4v) is 1.28. The highest BCUT2D eigenvalue weighted by atomic mass is 16.5. The van der Waals surface area contributed by atoms with Crippen LogP contribution in [0.1, 0.15) is 17.3 Å². The van der Waals surface area contributed by atoms with Crippen molar-refractivity contribution in [1.82, 2.24) is 0 Å². The molecule has 0 saturated heterocycles. The van der Waals surface area contributed by atoms with E-state index in [2.05, 4.69) is 5.32 Å². The van der Waals surface area contributed by atoms with Gasteiger partial charge in [-0.3, -0.25) is 0 Å². The van der Waals surface area contributed by atoms with Crippen LogP contribution in [0.4, 0.5) is 11.4 Å². The van der Waals surface area contributed by atoms with Gasteiger partial charge in [0.2, 0.25) is 0 Å². The Morgan fingerprint density at radius 3 is 2.88 bits per heavy atom. The Labute approximate surface area is 94.2 Å². The van der Waals surface area contributed by atoms with Crippen LogP contribution >= 0.6 is 0 Å². The van der Waals surface area contributed by atoms with Gasteiger partial charge in [-0.2, -0.15) is 0 Å². The van der Waals surface area contributed by atoms with Crippen molar-refractivity contribution in [2.75, 3.05) is 30.8 Å². The van der Waals surface area contributed by atoms with Crippen molar-refractivity contribution in [1.29, 1.82) is 0 Å². The maximum atomic E-state index is 10.7. The van der Waals surface area contributed by atoms with Crippen LogP contribution in [0.15, 0.2) is 18.2 Å². The lowest BCUT2D eigenvalue weighted by atomic mass is 10.1. The van der Waals surface area contributed by atoms with Gasteiger partial charge >= 0.3 is 5.97 Å². The molecule has 0 atom stereocenters. The number of benzene rings is 1. The molecule has 0 bridgehead atoms. The summed E-state index contributed by atoms with van der Waals surface area (Å²) in [5.74, 6) is -1.02. The second-order valence-electron chi connectivity index (χ2n) is 3.23. The number of carboxylic acid groups (broad SMARTS) is 1. The third-order valence-corrected chi connectivity index (χ3v) is 2.06. The topological polar surface area (TPSA) is 84.6 Å². The molecule has 5 heteroatoms. The molecule has 0 aliphatic rings. The Balaban J connectivity index is 2.56. The first kappa shape index (κ1) is 12.3. The van der Waals surface area contributed by atoms with Gasteiger partial charge in [0, 0.05) is 24.5 Å². The number of ether oxygens (including phenoxy) is 1. The number of carboxylic acids is 1. The summed E-state index contributed by atoms with van der Waals surface area (Å²) in [4.78, 5) is 10.7. The quantitative estimate of drug-likeness (QED) is 0.502. The van der Waals surface area contributed by atoms with Crippen LogP contribution < -0.4 is 11.1 Å². The number of nitrogen functional groups attached to an aromatic ring is 1. The number of hydrogen-bond donors (Lipinski definition) is 3. The number of carbonyl (C=O) groups is 1. The van der Waals surface area contributed by atoms with E-state index in [0.29, 0.717) is 19.8 Å². The van der Waals surface area contributed by atoms with Crippen molar-refractivity contribution in [3.05, 3.63) is 23.8 Å². The van der Waals surface area contributed by atoms with E-state index in [4.69, 9.17) is 15.6 Å². The van der Waals surface area contributed by atoms with Crippen LogP contribution in [0.5, 0.6) is 0 Å². The van der Waals surface area contributed by atoms with E-state index in [9.17, 15) is 4.79 Å². The van der Waals surface area contributed by atoms with Crippen molar-refractivity contribution in [2.24, 2.45) is 0 Å². The number of nitrogens with one attached hydrogen (secondary N) is 1. The molecular formula is C11H16N2O3. The van der Waals surface area contributed by atoms with Crippen LogP contribution in [-0.2, 0) is 4.74 Å². The molecule has 0 aliphatic carbocycles. The van der Waals surface area contributed by atoms with E-state index in [1.54, 1.807) is 12.1 Å². The van der Waals surface area contributed by atoms with Crippen molar-refractivity contribution in [2.45, 2.75) is 6.92 Å². The van der Waals surface area contributed by atoms with E-state index in [1.165, 1.54) is 6.07 Å². The Hall–Kier alpha value is -1.75. The molecule has 0 aliphatic heterocycles. The lowest BCUT2D eigenvalue weighted by molar-refractivity contribution is 0.0698. The number of nitrogens with two attached hydrogens (primary N) is 1. The van der Waals surface area contributed by atoms with Gasteiger partial charge in [-0.1, -0.05) is 0 Å². The smallest absolute Gasteiger partial charge is 0.337 e. The van der Waals surface area contributed by atoms with Gasteiger partial charge in [0.25, 0.3) is 0 Å². The summed E-state index contributed by atoms with van der Waals surface area (Å²) in [5, 5.41) is 11.9. The monoisotopic (exact) mass is 224 g/mol. The third kappa shape index (κ3) is 3.43. The van der Waals surface area contributed by atoms with Gasteiger partial charge in [-0.25, -0.2) is 4.79 Å². The first-order valence-electron chi connectivity index (χ1n) is 5.09. The minimum absolute atomic E-state index is 0.121. The predicted octanol–water partition coefficient (Wildman–Crippen LogP) is 1.42. The van der Waals surface area contributed by atoms with E-state index in [1.807, 2.05) is 6.92 Å². The zero-order valence-corrected chi connectivity index (χ0v) is 9.19. The molecule has 88 valence electrons. The van der Waals surface area contributed by atoms with Gasteiger partial charge in [0.15, 0.2) is 0 Å². The molecule has 0 aromatic heterocycles. The van der Waals surface area contributed by atoms with Gasteiger partial charge in [0.05, 0.1) is 12.2 Å². The number of anilines is 2. The van der Waals surface area contributed by atoms with Crippen LogP contribution in [0.25, 0.3) is 0 Å². The van der Waals surface area contributed by atoms with Crippen LogP contribution in [0.3, 0.4) is 0 Å². The lowest BCUT2D eigenvalue weighted by Crippen LogP contribution is -2.10. The van der Waals surface area contributed by atoms with Crippen molar-refractivity contribution in [3.8, 4) is 0 Å². The minimum Gasteiger partial charge on any atom is -0.478 e. The average Bonchev–Trinajstić information content (AvgIpc) is 2.24. The standard InChI is InChI=1S/C11H16N2O3/c1-2-16-6-5-13-8-3-4-9(11(14)15)10(12)7-8/h3-4,7,13H,2,5-6,12H2,1H3,(H,14,15). The molecule has 0 radical (unpaired) electrons. The summed E-state index contributed by atoms with van der Waals surface area (Å²) in [6.45, 7) is 3.89. The van der Waals surface area contributed by atoms with E-state index in [-0.39, 0.29) is 11.3 Å². The van der Waals surface area contributed by atoms with E-state index in [0.717, 1.165) is 5.69 Å². The molecule has 4 N–H and O–H groups in total. The molecule has 1 aromatic rings. The Bertz CT molecular complexity index is 366. The third-order valence-electron chi connectivity index (χ3n) is 2.06. The maximum Gasteiger partial charge on any atom is 0.337 e. The maximum absolute atomic E-state index is 10.7. The second-order valence-corrected chi connectivity index (χ2v) is 3.23. The van der Waals surface area contributed by atoms with Gasteiger partial charge in [-0.05, 0) is 25.1 Å². The zero-order chi connectivity index (χ0) is 12.0. The average molecular weight is 224 g/mol. The first-order valence-corrected chi connectivity index (χ1v) is 5.09.